The molecule has 0 radical (unpaired) electrons. The minimum absolute atomic E-state index is 0.0979. The molecule has 0 bridgehead atoms. The minimum Gasteiger partial charge on any atom is -0.352 e. The van der Waals surface area contributed by atoms with E-state index in [4.69, 9.17) is 23.2 Å². The highest BCUT2D eigenvalue weighted by Gasteiger charge is 2.32. The average molecular weight is 529 g/mol. The molecule has 0 aromatic heterocycles. The van der Waals surface area contributed by atoms with Crippen molar-refractivity contribution in [3.8, 4) is 0 Å². The van der Waals surface area contributed by atoms with Crippen LogP contribution in [-0.4, -0.2) is 50.0 Å². The molecule has 0 unspecified atom stereocenters. The van der Waals surface area contributed by atoms with Crippen molar-refractivity contribution in [2.24, 2.45) is 0 Å². The van der Waals surface area contributed by atoms with Gasteiger partial charge in [-0.2, -0.15) is 0 Å². The molecule has 2 aromatic rings. The Morgan fingerprint density at radius 1 is 1.09 bits per heavy atom. The highest BCUT2D eigenvalue weighted by Crippen LogP contribution is 2.30. The van der Waals surface area contributed by atoms with Crippen LogP contribution in [0.1, 0.15) is 38.3 Å². The Morgan fingerprint density at radius 3 is 2.26 bits per heavy atom. The van der Waals surface area contributed by atoms with Gasteiger partial charge in [-0.3, -0.25) is 13.9 Å². The Balaban J connectivity index is 2.49. The molecule has 34 heavy (non-hydrogen) atoms. The maximum atomic E-state index is 13.6. The second-order valence-corrected chi connectivity index (χ2v) is 11.2. The number of carbonyl (C=O) groups is 2. The van der Waals surface area contributed by atoms with Gasteiger partial charge in [0.1, 0.15) is 12.6 Å². The first-order chi connectivity index (χ1) is 15.8. The molecule has 0 aliphatic heterocycles. The summed E-state index contributed by atoms with van der Waals surface area (Å²) < 4.78 is 26.2. The lowest BCUT2D eigenvalue weighted by Crippen LogP contribution is -2.53. The van der Waals surface area contributed by atoms with Gasteiger partial charge >= 0.3 is 0 Å². The summed E-state index contributed by atoms with van der Waals surface area (Å²) in [6.07, 6.45) is 1.36. The van der Waals surface area contributed by atoms with Crippen LogP contribution in [0.2, 0.25) is 10.0 Å². The number of nitrogens with zero attached hydrogens (tertiary/aromatic N) is 2. The topological polar surface area (TPSA) is 86.8 Å². The lowest BCUT2D eigenvalue weighted by Gasteiger charge is -2.33. The van der Waals surface area contributed by atoms with Crippen LogP contribution in [0.25, 0.3) is 0 Å². The molecule has 7 nitrogen and oxygen atoms in total. The molecule has 0 aliphatic rings. The van der Waals surface area contributed by atoms with E-state index in [2.05, 4.69) is 5.32 Å². The summed E-state index contributed by atoms with van der Waals surface area (Å²) in [6.45, 7) is 7.05. The number of benzene rings is 2. The largest absolute Gasteiger partial charge is 0.352 e. The second-order valence-electron chi connectivity index (χ2n) is 8.40. The summed E-state index contributed by atoms with van der Waals surface area (Å²) >= 11 is 12.2. The third-order valence-corrected chi connectivity index (χ3v) is 6.94. The van der Waals surface area contributed by atoms with Gasteiger partial charge in [0, 0.05) is 17.6 Å². The van der Waals surface area contributed by atoms with Crippen LogP contribution < -0.4 is 9.62 Å². The van der Waals surface area contributed by atoms with E-state index in [1.807, 2.05) is 52.0 Å². The first-order valence-electron chi connectivity index (χ1n) is 10.9. The van der Waals surface area contributed by atoms with E-state index in [1.165, 1.54) is 23.1 Å². The Bertz CT molecular complexity index is 1140. The van der Waals surface area contributed by atoms with Gasteiger partial charge in [0.2, 0.25) is 21.8 Å². The highest BCUT2D eigenvalue weighted by molar-refractivity contribution is 7.92. The number of anilines is 1. The summed E-state index contributed by atoms with van der Waals surface area (Å²) in [4.78, 5) is 28.0. The van der Waals surface area contributed by atoms with E-state index < -0.39 is 28.5 Å². The van der Waals surface area contributed by atoms with Gasteiger partial charge in [0.05, 0.1) is 17.0 Å². The molecule has 0 saturated carbocycles. The number of carbonyl (C=O) groups excluding carboxylic acids is 2. The van der Waals surface area contributed by atoms with Crippen molar-refractivity contribution in [1.29, 1.82) is 0 Å². The Morgan fingerprint density at radius 2 is 1.74 bits per heavy atom. The van der Waals surface area contributed by atoms with Gasteiger partial charge in [-0.25, -0.2) is 8.42 Å². The van der Waals surface area contributed by atoms with Gasteiger partial charge in [0.25, 0.3) is 0 Å². The fraction of sp³-hybridized carbons (Fsp3) is 0.417. The SMILES string of the molecule is CC[C@H](C(=O)NC(C)C)N(Cc1ccccc1C)C(=O)CN(c1ccc(Cl)cc1Cl)S(C)(=O)=O. The molecule has 10 heteroatoms. The lowest BCUT2D eigenvalue weighted by molar-refractivity contribution is -0.140. The van der Waals surface area contributed by atoms with Gasteiger partial charge in [-0.05, 0) is 56.5 Å². The predicted molar refractivity (Wildman–Crippen MR) is 138 cm³/mol. The first-order valence-corrected chi connectivity index (χ1v) is 13.5. The van der Waals surface area contributed by atoms with E-state index >= 15 is 0 Å². The zero-order valence-electron chi connectivity index (χ0n) is 20.0. The van der Waals surface area contributed by atoms with E-state index in [9.17, 15) is 18.0 Å². The second kappa shape index (κ2) is 11.9. The highest BCUT2D eigenvalue weighted by atomic mass is 35.5. The number of halogens is 2. The molecule has 1 N–H and O–H groups in total. The van der Waals surface area contributed by atoms with Crippen LogP contribution >= 0.6 is 23.2 Å². The van der Waals surface area contributed by atoms with Crippen molar-refractivity contribution in [3.05, 3.63) is 63.6 Å². The van der Waals surface area contributed by atoms with Crippen LogP contribution in [0.4, 0.5) is 5.69 Å². The Hall–Kier alpha value is -2.29. The van der Waals surface area contributed by atoms with Crippen LogP contribution in [0, 0.1) is 6.92 Å². The van der Waals surface area contributed by atoms with Gasteiger partial charge in [-0.15, -0.1) is 0 Å². The van der Waals surface area contributed by atoms with Crippen LogP contribution in [0.5, 0.6) is 0 Å². The van der Waals surface area contributed by atoms with Crippen LogP contribution in [-0.2, 0) is 26.2 Å². The quantitative estimate of drug-likeness (QED) is 0.495. The van der Waals surface area contributed by atoms with E-state index in [-0.39, 0.29) is 29.2 Å². The maximum absolute atomic E-state index is 13.6. The average Bonchev–Trinajstić information content (AvgIpc) is 2.72. The molecule has 2 amide bonds. The monoisotopic (exact) mass is 527 g/mol. The van der Waals surface area contributed by atoms with Crippen molar-refractivity contribution in [2.45, 2.75) is 52.7 Å². The number of rotatable bonds is 10. The third-order valence-electron chi connectivity index (χ3n) is 5.28. The minimum atomic E-state index is -3.88. The number of hydrogen-bond donors (Lipinski definition) is 1. The first kappa shape index (κ1) is 28.0. The van der Waals surface area contributed by atoms with Crippen LogP contribution in [0.3, 0.4) is 0 Å². The molecular weight excluding hydrogens is 497 g/mol. The Labute approximate surface area is 212 Å². The van der Waals surface area contributed by atoms with E-state index in [0.29, 0.717) is 11.4 Å². The molecule has 186 valence electrons. The van der Waals surface area contributed by atoms with Crippen molar-refractivity contribution in [1.82, 2.24) is 10.2 Å². The summed E-state index contributed by atoms with van der Waals surface area (Å²) in [5.74, 6) is -0.819. The molecule has 0 heterocycles. The number of aryl methyl sites for hydroxylation is 1. The Kier molecular flexibility index (Phi) is 9.79. The number of sulfonamides is 1. The fourth-order valence-corrected chi connectivity index (χ4v) is 4.97. The number of hydrogen-bond acceptors (Lipinski definition) is 4. The number of amides is 2. The van der Waals surface area contributed by atoms with Crippen molar-refractivity contribution >= 4 is 50.7 Å². The zero-order chi connectivity index (χ0) is 25.6. The third kappa shape index (κ3) is 7.35. The van der Waals surface area contributed by atoms with Gasteiger partial charge in [0.15, 0.2) is 0 Å². The van der Waals surface area contributed by atoms with Crippen LogP contribution in [0.15, 0.2) is 42.5 Å². The molecule has 2 aromatic carbocycles. The molecule has 0 saturated heterocycles. The van der Waals surface area contributed by atoms with Gasteiger partial charge in [-0.1, -0.05) is 54.4 Å². The zero-order valence-corrected chi connectivity index (χ0v) is 22.3. The fourth-order valence-electron chi connectivity index (χ4n) is 3.55. The van der Waals surface area contributed by atoms with Crippen molar-refractivity contribution in [2.75, 3.05) is 17.1 Å². The summed E-state index contributed by atoms with van der Waals surface area (Å²) in [6, 6.07) is 11.0. The van der Waals surface area contributed by atoms with E-state index in [0.717, 1.165) is 21.7 Å². The summed E-state index contributed by atoms with van der Waals surface area (Å²) in [7, 11) is -3.88. The smallest absolute Gasteiger partial charge is 0.244 e. The molecule has 0 spiro atoms. The summed E-state index contributed by atoms with van der Waals surface area (Å²) in [5.41, 5.74) is 1.96. The lowest BCUT2D eigenvalue weighted by atomic mass is 10.1. The normalized spacial score (nSPS) is 12.4. The summed E-state index contributed by atoms with van der Waals surface area (Å²) in [5, 5.41) is 3.30. The maximum Gasteiger partial charge on any atom is 0.244 e. The number of nitrogens with one attached hydrogen (secondary N) is 1. The molecule has 1 atom stereocenters. The van der Waals surface area contributed by atoms with Crippen molar-refractivity contribution in [3.63, 3.8) is 0 Å². The van der Waals surface area contributed by atoms with Crippen molar-refractivity contribution < 1.29 is 18.0 Å². The molecule has 0 fully saturated rings. The molecule has 2 rings (SSSR count). The predicted octanol–water partition coefficient (Wildman–Crippen LogP) is 4.40. The standard InChI is InChI=1S/C24H31Cl2N3O4S/c1-6-21(24(31)27-16(2)3)28(14-18-10-8-7-9-17(18)4)23(30)15-29(34(5,32)33)22-12-11-19(25)13-20(22)26/h7-13,16,21H,6,14-15H2,1-5H3,(H,27,31)/t21-/m1/s1. The molecule has 0 aliphatic carbocycles. The van der Waals surface area contributed by atoms with Gasteiger partial charge < -0.3 is 10.2 Å². The molecular formula is C24H31Cl2N3O4S. The van der Waals surface area contributed by atoms with E-state index in [1.54, 1.807) is 0 Å².